The highest BCUT2D eigenvalue weighted by Gasteiger charge is 2.25. The number of carbonyl (C=O) groups excluding carboxylic acids is 1. The second kappa shape index (κ2) is 8.14. The Morgan fingerprint density at radius 2 is 2.04 bits per heavy atom. The van der Waals surface area contributed by atoms with Crippen LogP contribution in [0.5, 0.6) is 0 Å². The van der Waals surface area contributed by atoms with E-state index in [0.29, 0.717) is 30.8 Å². The Bertz CT molecular complexity index is 911. The number of nitrogens with one attached hydrogen (secondary N) is 1. The van der Waals surface area contributed by atoms with Gasteiger partial charge in [0.15, 0.2) is 0 Å². The molecule has 1 aliphatic rings. The first-order chi connectivity index (χ1) is 12.9. The lowest BCUT2D eigenvalue weighted by atomic mass is 9.97. The summed E-state index contributed by atoms with van der Waals surface area (Å²) in [6, 6.07) is 7.21. The van der Waals surface area contributed by atoms with Gasteiger partial charge in [-0.15, -0.1) is 0 Å². The molecule has 0 spiro atoms. The van der Waals surface area contributed by atoms with Gasteiger partial charge in [0.25, 0.3) is 5.91 Å². The molecular formula is C19H22FN3O3S. The van der Waals surface area contributed by atoms with Crippen LogP contribution in [0.3, 0.4) is 0 Å². The number of rotatable bonds is 5. The monoisotopic (exact) mass is 391 g/mol. The van der Waals surface area contributed by atoms with Gasteiger partial charge in [-0.2, -0.15) is 0 Å². The second-order valence-corrected chi connectivity index (χ2v) is 8.51. The molecule has 27 heavy (non-hydrogen) atoms. The van der Waals surface area contributed by atoms with Crippen molar-refractivity contribution in [2.45, 2.75) is 24.7 Å². The van der Waals surface area contributed by atoms with Crippen LogP contribution in [0.1, 0.15) is 28.8 Å². The highest BCUT2D eigenvalue weighted by Crippen LogP contribution is 2.20. The molecule has 0 bridgehead atoms. The average molecular weight is 391 g/mol. The molecule has 8 heteroatoms. The summed E-state index contributed by atoms with van der Waals surface area (Å²) in [6.45, 7) is 2.99. The van der Waals surface area contributed by atoms with Crippen molar-refractivity contribution in [2.75, 3.05) is 19.6 Å². The lowest BCUT2D eigenvalue weighted by Gasteiger charge is -2.32. The van der Waals surface area contributed by atoms with Crippen LogP contribution in [0.4, 0.5) is 4.39 Å². The van der Waals surface area contributed by atoms with Gasteiger partial charge in [-0.1, -0.05) is 0 Å². The van der Waals surface area contributed by atoms with E-state index in [1.807, 2.05) is 0 Å². The maximum absolute atomic E-state index is 13.3. The predicted octanol–water partition coefficient (Wildman–Crippen LogP) is 2.36. The number of piperidine rings is 1. The third kappa shape index (κ3) is 4.70. The first-order valence-electron chi connectivity index (χ1n) is 8.82. The molecule has 1 aliphatic heterocycles. The third-order valence-electron chi connectivity index (χ3n) is 4.81. The Balaban J connectivity index is 1.53. The summed E-state index contributed by atoms with van der Waals surface area (Å²) in [7, 11) is -3.68. The summed E-state index contributed by atoms with van der Waals surface area (Å²) in [5.41, 5.74) is 0.850. The molecule has 1 saturated heterocycles. The third-order valence-corrected chi connectivity index (χ3v) is 6.23. The number of hydrogen-bond donors (Lipinski definition) is 1. The number of aromatic nitrogens is 1. The van der Waals surface area contributed by atoms with Crippen LogP contribution in [0, 0.1) is 18.7 Å². The van der Waals surface area contributed by atoms with Crippen molar-refractivity contribution in [3.63, 3.8) is 0 Å². The molecule has 0 atom stereocenters. The number of hydrogen-bond acceptors (Lipinski definition) is 4. The maximum Gasteiger partial charge on any atom is 0.255 e. The van der Waals surface area contributed by atoms with E-state index in [1.165, 1.54) is 19.1 Å². The molecule has 0 unspecified atom stereocenters. The number of pyridine rings is 1. The molecule has 6 nitrogen and oxygen atoms in total. The zero-order valence-electron chi connectivity index (χ0n) is 15.1. The first kappa shape index (κ1) is 19.4. The topological polar surface area (TPSA) is 79.4 Å². The Morgan fingerprint density at radius 1 is 1.30 bits per heavy atom. The molecule has 1 aromatic heterocycles. The number of nitrogens with zero attached hydrogens (tertiary/aromatic N) is 2. The van der Waals surface area contributed by atoms with E-state index in [0.717, 1.165) is 18.9 Å². The Labute approximate surface area is 158 Å². The number of amides is 1. The summed E-state index contributed by atoms with van der Waals surface area (Å²) < 4.78 is 40.7. The van der Waals surface area contributed by atoms with E-state index >= 15 is 0 Å². The fourth-order valence-corrected chi connectivity index (χ4v) is 4.31. The first-order valence-corrected chi connectivity index (χ1v) is 10.3. The van der Waals surface area contributed by atoms with E-state index in [9.17, 15) is 17.6 Å². The van der Waals surface area contributed by atoms with Gasteiger partial charge in [0.1, 0.15) is 5.82 Å². The quantitative estimate of drug-likeness (QED) is 0.849. The fraction of sp³-hybridized carbons (Fsp3) is 0.368. The predicted molar refractivity (Wildman–Crippen MR) is 99.2 cm³/mol. The Kier molecular flexibility index (Phi) is 5.86. The van der Waals surface area contributed by atoms with Gasteiger partial charge in [-0.3, -0.25) is 9.78 Å². The number of likely N-dealkylation sites (tertiary alicyclic amines) is 1. The van der Waals surface area contributed by atoms with Crippen molar-refractivity contribution in [1.29, 1.82) is 0 Å². The minimum Gasteiger partial charge on any atom is -0.339 e. The highest BCUT2D eigenvalue weighted by atomic mass is 32.2. The van der Waals surface area contributed by atoms with Crippen molar-refractivity contribution in [3.8, 4) is 0 Å². The summed E-state index contributed by atoms with van der Waals surface area (Å²) in [5.74, 6) is -0.331. The smallest absolute Gasteiger partial charge is 0.255 e. The van der Waals surface area contributed by atoms with Crippen molar-refractivity contribution < 1.29 is 17.6 Å². The van der Waals surface area contributed by atoms with Crippen molar-refractivity contribution in [2.24, 2.45) is 5.92 Å². The number of halogens is 1. The molecular weight excluding hydrogens is 369 g/mol. The van der Waals surface area contributed by atoms with Crippen LogP contribution in [0.25, 0.3) is 0 Å². The van der Waals surface area contributed by atoms with Gasteiger partial charge in [-0.25, -0.2) is 17.5 Å². The van der Waals surface area contributed by atoms with Crippen molar-refractivity contribution in [3.05, 3.63) is 59.7 Å². The minimum absolute atomic E-state index is 0.0519. The number of carbonyl (C=O) groups is 1. The minimum atomic E-state index is -3.68. The zero-order valence-corrected chi connectivity index (χ0v) is 15.9. The van der Waals surface area contributed by atoms with Gasteiger partial charge in [-0.05, 0) is 61.6 Å². The van der Waals surface area contributed by atoms with Gasteiger partial charge < -0.3 is 4.90 Å². The number of benzene rings is 1. The lowest BCUT2D eigenvalue weighted by molar-refractivity contribution is 0.0691. The lowest BCUT2D eigenvalue weighted by Crippen LogP contribution is -2.41. The summed E-state index contributed by atoms with van der Waals surface area (Å²) in [6.07, 6.45) is 4.61. The molecule has 1 amide bonds. The van der Waals surface area contributed by atoms with Crippen LogP contribution in [-0.4, -0.2) is 43.8 Å². The molecule has 1 aromatic carbocycles. The van der Waals surface area contributed by atoms with Gasteiger partial charge in [0, 0.05) is 32.0 Å². The molecule has 0 radical (unpaired) electrons. The fourth-order valence-electron chi connectivity index (χ4n) is 3.11. The second-order valence-electron chi connectivity index (χ2n) is 6.74. The Hall–Kier alpha value is -2.32. The van der Waals surface area contributed by atoms with Crippen LogP contribution in [0.2, 0.25) is 0 Å². The van der Waals surface area contributed by atoms with Crippen LogP contribution < -0.4 is 4.72 Å². The molecule has 2 aromatic rings. The Morgan fingerprint density at radius 3 is 2.67 bits per heavy atom. The van der Waals surface area contributed by atoms with E-state index in [-0.39, 0.29) is 16.7 Å². The van der Waals surface area contributed by atoms with Crippen molar-refractivity contribution >= 4 is 15.9 Å². The molecule has 3 rings (SSSR count). The largest absolute Gasteiger partial charge is 0.339 e. The molecule has 1 fully saturated rings. The maximum atomic E-state index is 13.3. The van der Waals surface area contributed by atoms with E-state index in [4.69, 9.17) is 0 Å². The zero-order chi connectivity index (χ0) is 19.4. The number of sulfonamides is 1. The number of aryl methyl sites for hydroxylation is 1. The van der Waals surface area contributed by atoms with Gasteiger partial charge in [0.2, 0.25) is 10.0 Å². The summed E-state index contributed by atoms with van der Waals surface area (Å²) in [4.78, 5) is 18.2. The molecule has 0 saturated carbocycles. The molecule has 2 heterocycles. The standard InChI is InChI=1S/C19H22FN3O3S/c1-14-11-17(4-5-18(14)20)27(25,26)22-12-15-6-9-23(10-7-15)19(24)16-3-2-8-21-13-16/h2-5,8,11,13,15,22H,6-7,9-10,12H2,1H3. The summed E-state index contributed by atoms with van der Waals surface area (Å²) >= 11 is 0. The van der Waals surface area contributed by atoms with E-state index < -0.39 is 15.8 Å². The highest BCUT2D eigenvalue weighted by molar-refractivity contribution is 7.89. The van der Waals surface area contributed by atoms with Crippen LogP contribution in [-0.2, 0) is 10.0 Å². The van der Waals surface area contributed by atoms with Gasteiger partial charge >= 0.3 is 0 Å². The van der Waals surface area contributed by atoms with E-state index in [1.54, 1.807) is 29.4 Å². The summed E-state index contributed by atoms with van der Waals surface area (Å²) in [5, 5.41) is 0. The SMILES string of the molecule is Cc1cc(S(=O)(=O)NCC2CCN(C(=O)c3cccnc3)CC2)ccc1F. The van der Waals surface area contributed by atoms with E-state index in [2.05, 4.69) is 9.71 Å². The molecule has 0 aliphatic carbocycles. The average Bonchev–Trinajstić information content (AvgIpc) is 2.69. The van der Waals surface area contributed by atoms with Crippen LogP contribution in [0.15, 0.2) is 47.6 Å². The van der Waals surface area contributed by atoms with Crippen LogP contribution >= 0.6 is 0 Å². The van der Waals surface area contributed by atoms with Gasteiger partial charge in [0.05, 0.1) is 10.5 Å². The van der Waals surface area contributed by atoms with Crippen molar-refractivity contribution in [1.82, 2.24) is 14.6 Å². The molecule has 1 N–H and O–H groups in total. The normalized spacial score (nSPS) is 15.7. The molecule has 144 valence electrons.